The van der Waals surface area contributed by atoms with Gasteiger partial charge in [-0.3, -0.25) is 4.79 Å². The first-order valence-electron chi connectivity index (χ1n) is 8.05. The van der Waals surface area contributed by atoms with Crippen LogP contribution in [0.4, 0.5) is 30.2 Å². The summed E-state index contributed by atoms with van der Waals surface area (Å²) in [5.41, 5.74) is 7.03. The van der Waals surface area contributed by atoms with Gasteiger partial charge in [0.15, 0.2) is 0 Å². The summed E-state index contributed by atoms with van der Waals surface area (Å²) in [6.45, 7) is 0.539. The maximum Gasteiger partial charge on any atom is 0.418 e. The Bertz CT molecular complexity index is 839. The second kappa shape index (κ2) is 7.07. The van der Waals surface area contributed by atoms with Crippen molar-refractivity contribution in [2.75, 3.05) is 29.0 Å². The molecule has 0 aliphatic carbocycles. The molecule has 26 heavy (non-hydrogen) atoms. The van der Waals surface area contributed by atoms with Crippen LogP contribution in [0, 0.1) is 0 Å². The van der Waals surface area contributed by atoms with E-state index >= 15 is 0 Å². The van der Waals surface area contributed by atoms with E-state index in [1.807, 2.05) is 11.0 Å². The topological polar surface area (TPSA) is 58.4 Å². The molecule has 0 atom stereocenters. The van der Waals surface area contributed by atoms with Gasteiger partial charge in [0.25, 0.3) is 0 Å². The average molecular weight is 384 g/mol. The first-order chi connectivity index (χ1) is 12.3. The van der Waals surface area contributed by atoms with E-state index in [4.69, 9.17) is 17.3 Å². The molecule has 8 heteroatoms. The average Bonchev–Trinajstić information content (AvgIpc) is 2.56. The first-order valence-corrected chi connectivity index (χ1v) is 8.43. The summed E-state index contributed by atoms with van der Waals surface area (Å²) in [6.07, 6.45) is -2.99. The van der Waals surface area contributed by atoms with Crippen molar-refractivity contribution in [1.29, 1.82) is 0 Å². The number of carbonyl (C=O) groups excluding carboxylic acids is 1. The van der Waals surface area contributed by atoms with E-state index in [0.29, 0.717) is 12.2 Å². The molecule has 1 aliphatic rings. The number of nitrogens with two attached hydrogens (primary N) is 1. The van der Waals surface area contributed by atoms with Crippen LogP contribution >= 0.6 is 11.6 Å². The summed E-state index contributed by atoms with van der Waals surface area (Å²) in [6, 6.07) is 8.84. The summed E-state index contributed by atoms with van der Waals surface area (Å²) in [5, 5.41) is 2.16. The number of nitrogens with one attached hydrogen (secondary N) is 1. The van der Waals surface area contributed by atoms with Gasteiger partial charge in [0.1, 0.15) is 0 Å². The Labute approximate surface area is 153 Å². The molecule has 138 valence electrons. The predicted molar refractivity (Wildman–Crippen MR) is 96.5 cm³/mol. The molecule has 0 fully saturated rings. The molecular weight excluding hydrogens is 367 g/mol. The molecule has 0 radical (unpaired) electrons. The third-order valence-corrected chi connectivity index (χ3v) is 4.62. The Morgan fingerprint density at radius 1 is 1.23 bits per heavy atom. The zero-order valence-corrected chi connectivity index (χ0v) is 14.5. The second-order valence-corrected chi connectivity index (χ2v) is 6.49. The molecular formula is C18H17ClF3N3O. The smallest absolute Gasteiger partial charge is 0.398 e. The van der Waals surface area contributed by atoms with Crippen LogP contribution in [0.3, 0.4) is 0 Å². The number of anilines is 3. The quantitative estimate of drug-likeness (QED) is 0.775. The SMILES string of the molecule is Nc1cccc2c1CCCN2CC(=O)Nc1c(Cl)cccc1C(F)(F)F. The fraction of sp³-hybridized carbons (Fsp3) is 0.278. The van der Waals surface area contributed by atoms with Gasteiger partial charge >= 0.3 is 6.18 Å². The zero-order chi connectivity index (χ0) is 18.9. The fourth-order valence-corrected chi connectivity index (χ4v) is 3.35. The number of rotatable bonds is 3. The largest absolute Gasteiger partial charge is 0.418 e. The van der Waals surface area contributed by atoms with E-state index in [0.717, 1.165) is 30.2 Å². The Kier molecular flexibility index (Phi) is 5.00. The number of benzene rings is 2. The minimum absolute atomic E-state index is 0.0844. The van der Waals surface area contributed by atoms with Crippen molar-refractivity contribution < 1.29 is 18.0 Å². The van der Waals surface area contributed by atoms with Crippen LogP contribution in [0.15, 0.2) is 36.4 Å². The molecule has 0 bridgehead atoms. The van der Waals surface area contributed by atoms with Gasteiger partial charge in [0.05, 0.1) is 22.8 Å². The first kappa shape index (κ1) is 18.4. The number of carbonyl (C=O) groups is 1. The number of nitrogen functional groups attached to an aromatic ring is 1. The lowest BCUT2D eigenvalue weighted by atomic mass is 10.00. The minimum atomic E-state index is -4.61. The lowest BCUT2D eigenvalue weighted by Crippen LogP contribution is -2.37. The van der Waals surface area contributed by atoms with Crippen LogP contribution in [0.5, 0.6) is 0 Å². The van der Waals surface area contributed by atoms with Gasteiger partial charge in [0, 0.05) is 17.9 Å². The Morgan fingerprint density at radius 3 is 2.69 bits per heavy atom. The van der Waals surface area contributed by atoms with Crippen molar-refractivity contribution in [3.05, 3.63) is 52.5 Å². The minimum Gasteiger partial charge on any atom is -0.398 e. The number of halogens is 4. The number of nitrogens with zero attached hydrogens (tertiary/aromatic N) is 1. The summed E-state index contributed by atoms with van der Waals surface area (Å²) in [5.74, 6) is -0.570. The highest BCUT2D eigenvalue weighted by molar-refractivity contribution is 6.34. The summed E-state index contributed by atoms with van der Waals surface area (Å²) in [7, 11) is 0. The number of para-hydroxylation sites is 1. The normalized spacial score (nSPS) is 14.1. The summed E-state index contributed by atoms with van der Waals surface area (Å²) >= 11 is 5.88. The van der Waals surface area contributed by atoms with Crippen LogP contribution < -0.4 is 16.0 Å². The van der Waals surface area contributed by atoms with Gasteiger partial charge < -0.3 is 16.0 Å². The van der Waals surface area contributed by atoms with Crippen molar-refractivity contribution in [2.45, 2.75) is 19.0 Å². The Morgan fingerprint density at radius 2 is 1.96 bits per heavy atom. The molecule has 2 aromatic rings. The van der Waals surface area contributed by atoms with Crippen LogP contribution in [0.2, 0.25) is 5.02 Å². The van der Waals surface area contributed by atoms with Crippen molar-refractivity contribution in [1.82, 2.24) is 0 Å². The highest BCUT2D eigenvalue weighted by atomic mass is 35.5. The third-order valence-electron chi connectivity index (χ3n) is 4.30. The Balaban J connectivity index is 1.81. The number of hydrogen-bond donors (Lipinski definition) is 2. The monoisotopic (exact) mass is 383 g/mol. The van der Waals surface area contributed by atoms with E-state index in [2.05, 4.69) is 5.32 Å². The molecule has 0 unspecified atom stereocenters. The Hall–Kier alpha value is -2.41. The van der Waals surface area contributed by atoms with Crippen LogP contribution in [0.25, 0.3) is 0 Å². The highest BCUT2D eigenvalue weighted by Gasteiger charge is 2.35. The van der Waals surface area contributed by atoms with Gasteiger partial charge in [-0.05, 0) is 42.7 Å². The van der Waals surface area contributed by atoms with Gasteiger partial charge in [-0.2, -0.15) is 13.2 Å². The standard InChI is InChI=1S/C18H17ClF3N3O/c19-13-6-1-5-12(18(20,21)22)17(13)24-16(26)10-25-9-3-4-11-14(23)7-2-8-15(11)25/h1-2,5-8H,3-4,9-10,23H2,(H,24,26). The van der Waals surface area contributed by atoms with Crippen molar-refractivity contribution >= 4 is 34.6 Å². The van der Waals surface area contributed by atoms with E-state index in [1.165, 1.54) is 12.1 Å². The molecule has 0 spiro atoms. The van der Waals surface area contributed by atoms with Gasteiger partial charge in [-0.25, -0.2) is 0 Å². The zero-order valence-electron chi connectivity index (χ0n) is 13.7. The summed E-state index contributed by atoms with van der Waals surface area (Å²) < 4.78 is 39.4. The molecule has 0 aromatic heterocycles. The number of fused-ring (bicyclic) bond motifs is 1. The van der Waals surface area contributed by atoms with Crippen LogP contribution in [-0.4, -0.2) is 19.0 Å². The van der Waals surface area contributed by atoms with E-state index in [1.54, 1.807) is 12.1 Å². The number of hydrogen-bond acceptors (Lipinski definition) is 3. The van der Waals surface area contributed by atoms with Crippen molar-refractivity contribution in [3.8, 4) is 0 Å². The third kappa shape index (κ3) is 3.72. The predicted octanol–water partition coefficient (Wildman–Crippen LogP) is 4.33. The molecule has 0 saturated carbocycles. The molecule has 4 nitrogen and oxygen atoms in total. The van der Waals surface area contributed by atoms with Crippen LogP contribution in [-0.2, 0) is 17.4 Å². The van der Waals surface area contributed by atoms with Gasteiger partial charge in [-0.15, -0.1) is 0 Å². The van der Waals surface area contributed by atoms with E-state index in [-0.39, 0.29) is 11.6 Å². The van der Waals surface area contributed by atoms with E-state index < -0.39 is 23.3 Å². The fourth-order valence-electron chi connectivity index (χ4n) is 3.13. The molecule has 3 rings (SSSR count). The summed E-state index contributed by atoms with van der Waals surface area (Å²) in [4.78, 5) is 14.2. The van der Waals surface area contributed by atoms with E-state index in [9.17, 15) is 18.0 Å². The molecule has 0 saturated heterocycles. The number of amides is 1. The molecule has 3 N–H and O–H groups in total. The molecule has 1 heterocycles. The van der Waals surface area contributed by atoms with Crippen molar-refractivity contribution in [3.63, 3.8) is 0 Å². The van der Waals surface area contributed by atoms with Gasteiger partial charge in [0.2, 0.25) is 5.91 Å². The second-order valence-electron chi connectivity index (χ2n) is 6.08. The lowest BCUT2D eigenvalue weighted by Gasteiger charge is -2.31. The number of alkyl halides is 3. The molecule has 1 aliphatic heterocycles. The maximum atomic E-state index is 13.1. The van der Waals surface area contributed by atoms with Crippen LogP contribution in [0.1, 0.15) is 17.5 Å². The maximum absolute atomic E-state index is 13.1. The lowest BCUT2D eigenvalue weighted by molar-refractivity contribution is -0.137. The molecule has 2 aromatic carbocycles. The van der Waals surface area contributed by atoms with Gasteiger partial charge in [-0.1, -0.05) is 23.7 Å². The molecule has 1 amide bonds. The van der Waals surface area contributed by atoms with Crippen molar-refractivity contribution in [2.24, 2.45) is 0 Å². The highest BCUT2D eigenvalue weighted by Crippen LogP contribution is 2.38.